The molecule has 0 radical (unpaired) electrons. The summed E-state index contributed by atoms with van der Waals surface area (Å²) < 4.78 is 10.6. The third kappa shape index (κ3) is 8.48. The van der Waals surface area contributed by atoms with Gasteiger partial charge in [-0.2, -0.15) is 0 Å². The monoisotopic (exact) mass is 486 g/mol. The van der Waals surface area contributed by atoms with Gasteiger partial charge in [0.1, 0.15) is 11.5 Å². The Balaban J connectivity index is 1.36. The molecule has 3 aromatic carbocycles. The molecule has 0 heterocycles. The molecule has 0 fully saturated rings. The molecule has 0 aromatic heterocycles. The third-order valence-electron chi connectivity index (χ3n) is 4.24. The minimum absolute atomic E-state index is 0.0827. The predicted octanol–water partition coefficient (Wildman–Crippen LogP) is 5.69. The Hall–Kier alpha value is -3.55. The number of nitrogens with one attached hydrogen (secondary N) is 2. The molecular formula is C24H20Cl2N2O5. The van der Waals surface area contributed by atoms with Gasteiger partial charge < -0.3 is 20.1 Å². The van der Waals surface area contributed by atoms with E-state index in [-0.39, 0.29) is 18.7 Å². The maximum absolute atomic E-state index is 12.1. The van der Waals surface area contributed by atoms with Gasteiger partial charge >= 0.3 is 5.97 Å². The second kappa shape index (κ2) is 11.9. The number of amides is 2. The number of anilines is 2. The van der Waals surface area contributed by atoms with Crippen molar-refractivity contribution in [2.75, 3.05) is 17.2 Å². The van der Waals surface area contributed by atoms with Gasteiger partial charge in [-0.3, -0.25) is 14.4 Å². The minimum atomic E-state index is -0.650. The molecule has 2 N–H and O–H groups in total. The van der Waals surface area contributed by atoms with E-state index in [9.17, 15) is 14.4 Å². The lowest BCUT2D eigenvalue weighted by Crippen LogP contribution is -2.21. The summed E-state index contributed by atoms with van der Waals surface area (Å²) >= 11 is 11.6. The van der Waals surface area contributed by atoms with Crippen LogP contribution in [0.15, 0.2) is 72.8 Å². The van der Waals surface area contributed by atoms with E-state index in [0.29, 0.717) is 32.9 Å². The first-order chi connectivity index (χ1) is 15.9. The fourth-order valence-electron chi connectivity index (χ4n) is 2.63. The number of hydrogen-bond acceptors (Lipinski definition) is 5. The molecule has 7 nitrogen and oxygen atoms in total. The molecule has 0 aliphatic heterocycles. The maximum atomic E-state index is 12.1. The number of halogens is 2. The SMILES string of the molecule is O=C(CCC(=O)OCC(=O)Nc1ccc(Cl)cc1)Nc1ccc(Oc2ccc(Cl)cc2)cc1. The molecule has 0 saturated heterocycles. The molecule has 2 amide bonds. The van der Waals surface area contributed by atoms with E-state index < -0.39 is 18.5 Å². The van der Waals surface area contributed by atoms with Gasteiger partial charge in [0.05, 0.1) is 6.42 Å². The first-order valence-corrected chi connectivity index (χ1v) is 10.7. The summed E-state index contributed by atoms with van der Waals surface area (Å²) in [6.07, 6.45) is -0.238. The second-order valence-corrected chi connectivity index (χ2v) is 7.72. The number of benzene rings is 3. The van der Waals surface area contributed by atoms with Gasteiger partial charge in [-0.05, 0) is 72.8 Å². The fraction of sp³-hybridized carbons (Fsp3) is 0.125. The summed E-state index contributed by atoms with van der Waals surface area (Å²) in [6, 6.07) is 20.2. The average molecular weight is 487 g/mol. The van der Waals surface area contributed by atoms with Crippen molar-refractivity contribution in [3.05, 3.63) is 82.8 Å². The molecule has 0 saturated carbocycles. The van der Waals surface area contributed by atoms with Crippen LogP contribution >= 0.6 is 23.2 Å². The zero-order valence-electron chi connectivity index (χ0n) is 17.3. The zero-order chi connectivity index (χ0) is 23.6. The topological polar surface area (TPSA) is 93.7 Å². The van der Waals surface area contributed by atoms with E-state index in [0.717, 1.165) is 0 Å². The van der Waals surface area contributed by atoms with Crippen molar-refractivity contribution in [1.82, 2.24) is 0 Å². The lowest BCUT2D eigenvalue weighted by atomic mass is 10.2. The molecule has 3 rings (SSSR count). The van der Waals surface area contributed by atoms with Crippen LogP contribution in [0.2, 0.25) is 10.0 Å². The Morgan fingerprint density at radius 3 is 1.67 bits per heavy atom. The molecule has 3 aromatic rings. The quantitative estimate of drug-likeness (QED) is 0.379. The zero-order valence-corrected chi connectivity index (χ0v) is 18.9. The van der Waals surface area contributed by atoms with Gasteiger partial charge in [0, 0.05) is 27.8 Å². The average Bonchev–Trinajstić information content (AvgIpc) is 2.80. The maximum Gasteiger partial charge on any atom is 0.306 e. The molecule has 0 spiro atoms. The summed E-state index contributed by atoms with van der Waals surface area (Å²) in [5.74, 6) is -0.268. The van der Waals surface area contributed by atoms with E-state index in [1.165, 1.54) is 0 Å². The fourth-order valence-corrected chi connectivity index (χ4v) is 2.88. The third-order valence-corrected chi connectivity index (χ3v) is 4.74. The van der Waals surface area contributed by atoms with Gasteiger partial charge in [0.25, 0.3) is 5.91 Å². The molecule has 0 bridgehead atoms. The largest absolute Gasteiger partial charge is 0.457 e. The van der Waals surface area contributed by atoms with Crippen LogP contribution in [-0.2, 0) is 19.1 Å². The number of carbonyl (C=O) groups excluding carboxylic acids is 3. The van der Waals surface area contributed by atoms with Crippen LogP contribution < -0.4 is 15.4 Å². The molecule has 0 atom stereocenters. The predicted molar refractivity (Wildman–Crippen MR) is 127 cm³/mol. The smallest absolute Gasteiger partial charge is 0.306 e. The highest BCUT2D eigenvalue weighted by Gasteiger charge is 2.11. The van der Waals surface area contributed by atoms with Crippen molar-refractivity contribution in [2.24, 2.45) is 0 Å². The summed E-state index contributed by atoms with van der Waals surface area (Å²) in [6.45, 7) is -0.446. The lowest BCUT2D eigenvalue weighted by molar-refractivity contribution is -0.147. The molecule has 0 aliphatic rings. The van der Waals surface area contributed by atoms with Crippen molar-refractivity contribution in [3.8, 4) is 11.5 Å². The van der Waals surface area contributed by atoms with Crippen LogP contribution in [0.5, 0.6) is 11.5 Å². The number of carbonyl (C=O) groups is 3. The summed E-state index contributed by atoms with van der Waals surface area (Å²) in [4.78, 5) is 35.7. The first-order valence-electron chi connectivity index (χ1n) is 9.92. The molecule has 0 aliphatic carbocycles. The van der Waals surface area contributed by atoms with Gasteiger partial charge in [-0.25, -0.2) is 0 Å². The Kier molecular flexibility index (Phi) is 8.69. The molecule has 0 unspecified atom stereocenters. The van der Waals surface area contributed by atoms with E-state index in [2.05, 4.69) is 10.6 Å². The van der Waals surface area contributed by atoms with Crippen molar-refractivity contribution >= 4 is 52.4 Å². The number of rotatable bonds is 9. The summed E-state index contributed by atoms with van der Waals surface area (Å²) in [7, 11) is 0. The van der Waals surface area contributed by atoms with Gasteiger partial charge in [-0.15, -0.1) is 0 Å². The Bertz CT molecular complexity index is 1100. The summed E-state index contributed by atoms with van der Waals surface area (Å²) in [5, 5.41) is 6.42. The van der Waals surface area contributed by atoms with Crippen LogP contribution in [0.25, 0.3) is 0 Å². The Morgan fingerprint density at radius 1 is 0.636 bits per heavy atom. The number of hydrogen-bond donors (Lipinski definition) is 2. The van der Waals surface area contributed by atoms with Crippen molar-refractivity contribution in [3.63, 3.8) is 0 Å². The lowest BCUT2D eigenvalue weighted by Gasteiger charge is -2.09. The number of esters is 1. The molecule has 9 heteroatoms. The highest BCUT2D eigenvalue weighted by Crippen LogP contribution is 2.24. The van der Waals surface area contributed by atoms with Crippen LogP contribution in [0.3, 0.4) is 0 Å². The second-order valence-electron chi connectivity index (χ2n) is 6.84. The van der Waals surface area contributed by atoms with Crippen molar-refractivity contribution in [1.29, 1.82) is 0 Å². The van der Waals surface area contributed by atoms with E-state index in [1.807, 2.05) is 0 Å². The van der Waals surface area contributed by atoms with Crippen LogP contribution in [-0.4, -0.2) is 24.4 Å². The molecule has 33 heavy (non-hydrogen) atoms. The van der Waals surface area contributed by atoms with E-state index in [1.54, 1.807) is 72.8 Å². The number of ether oxygens (including phenoxy) is 2. The van der Waals surface area contributed by atoms with Gasteiger partial charge in [0.2, 0.25) is 5.91 Å². The minimum Gasteiger partial charge on any atom is -0.457 e. The standard InChI is InChI=1S/C24H20Cl2N2O5/c25-16-1-5-18(6-2-16)28-23(30)15-32-24(31)14-13-22(29)27-19-7-11-21(12-8-19)33-20-9-3-17(26)4-10-20/h1-12H,13-15H2,(H,27,29)(H,28,30). The first kappa shape index (κ1) is 24.1. The Labute approximate surface area is 200 Å². The van der Waals surface area contributed by atoms with Crippen LogP contribution in [0, 0.1) is 0 Å². The van der Waals surface area contributed by atoms with Crippen molar-refractivity contribution in [2.45, 2.75) is 12.8 Å². The molecular weight excluding hydrogens is 467 g/mol. The normalized spacial score (nSPS) is 10.2. The van der Waals surface area contributed by atoms with Gasteiger partial charge in [-0.1, -0.05) is 23.2 Å². The van der Waals surface area contributed by atoms with Crippen LogP contribution in [0.1, 0.15) is 12.8 Å². The highest BCUT2D eigenvalue weighted by molar-refractivity contribution is 6.30. The van der Waals surface area contributed by atoms with Crippen LogP contribution in [0.4, 0.5) is 11.4 Å². The molecule has 170 valence electrons. The van der Waals surface area contributed by atoms with E-state index in [4.69, 9.17) is 32.7 Å². The Morgan fingerprint density at radius 2 is 1.09 bits per heavy atom. The summed E-state index contributed by atoms with van der Waals surface area (Å²) in [5.41, 5.74) is 1.09. The van der Waals surface area contributed by atoms with Gasteiger partial charge in [0.15, 0.2) is 6.61 Å². The highest BCUT2D eigenvalue weighted by atomic mass is 35.5. The van der Waals surface area contributed by atoms with Crippen molar-refractivity contribution < 1.29 is 23.9 Å². The van der Waals surface area contributed by atoms with E-state index >= 15 is 0 Å².